The topological polar surface area (TPSA) is 59.8 Å². The van der Waals surface area contributed by atoms with Gasteiger partial charge >= 0.3 is 5.97 Å². The quantitative estimate of drug-likeness (QED) is 0.180. The maximum atomic E-state index is 14.7. The van der Waals surface area contributed by atoms with Crippen LogP contribution in [0.25, 0.3) is 16.9 Å². The highest BCUT2D eigenvalue weighted by molar-refractivity contribution is 6.03. The molecule has 0 fully saturated rings. The van der Waals surface area contributed by atoms with Gasteiger partial charge in [0.05, 0.1) is 24.3 Å². The van der Waals surface area contributed by atoms with Crippen molar-refractivity contribution in [2.75, 3.05) is 12.0 Å². The van der Waals surface area contributed by atoms with Gasteiger partial charge in [-0.2, -0.15) is 0 Å². The van der Waals surface area contributed by atoms with Crippen LogP contribution >= 0.6 is 0 Å². The summed E-state index contributed by atoms with van der Waals surface area (Å²) >= 11 is 0. The molecule has 5 nitrogen and oxygen atoms in total. The molecule has 2 aliphatic carbocycles. The molecule has 0 radical (unpaired) electrons. The van der Waals surface area contributed by atoms with Gasteiger partial charge in [-0.3, -0.25) is 9.69 Å². The van der Waals surface area contributed by atoms with Crippen LogP contribution in [0, 0.1) is 0 Å². The number of carbonyl (C=O) groups is 2. The van der Waals surface area contributed by atoms with Crippen molar-refractivity contribution in [1.29, 1.82) is 0 Å². The Kier molecular flexibility index (Phi) is 8.00. The molecule has 0 spiro atoms. The molecule has 42 heavy (non-hydrogen) atoms. The molecule has 1 aliphatic heterocycles. The molecule has 0 saturated heterocycles. The van der Waals surface area contributed by atoms with E-state index in [4.69, 9.17) is 9.15 Å². The van der Waals surface area contributed by atoms with E-state index in [1.54, 1.807) is 17.0 Å². The lowest BCUT2D eigenvalue weighted by Crippen LogP contribution is -2.32. The van der Waals surface area contributed by atoms with Gasteiger partial charge in [0, 0.05) is 11.6 Å². The Balaban J connectivity index is 1.41. The van der Waals surface area contributed by atoms with Crippen LogP contribution in [0.2, 0.25) is 0 Å². The summed E-state index contributed by atoms with van der Waals surface area (Å²) in [5.41, 5.74) is 6.64. The number of anilines is 2. The van der Waals surface area contributed by atoms with Gasteiger partial charge in [0.1, 0.15) is 5.76 Å². The molecular weight excluding hydrogens is 522 g/mol. The first-order chi connectivity index (χ1) is 20.6. The van der Waals surface area contributed by atoms with Crippen LogP contribution in [-0.4, -0.2) is 19.0 Å². The molecule has 1 atom stereocenters. The van der Waals surface area contributed by atoms with E-state index in [1.165, 1.54) is 31.1 Å². The molecule has 3 aromatic rings. The fourth-order valence-electron chi connectivity index (χ4n) is 5.68. The van der Waals surface area contributed by atoms with Crippen LogP contribution in [0.5, 0.6) is 0 Å². The van der Waals surface area contributed by atoms with Crippen molar-refractivity contribution in [3.63, 3.8) is 0 Å². The lowest BCUT2D eigenvalue weighted by Gasteiger charge is -2.27. The first kappa shape index (κ1) is 27.3. The minimum atomic E-state index is -0.505. The van der Waals surface area contributed by atoms with Crippen molar-refractivity contribution < 1.29 is 18.7 Å². The van der Waals surface area contributed by atoms with Gasteiger partial charge in [-0.05, 0) is 90.8 Å². The number of rotatable bonds is 8. The number of para-hydroxylation sites is 1. The number of amides is 1. The standard InChI is InChI=1S/C37H33NO4/c1-41-37(40)31-17-15-26(16-18-31)25-33(29-21-19-28(20-22-29)27-9-4-2-5-10-27)36(39)38(32-12-6-3-7-13-32)35-24-23-30-11-8-14-34(30)42-35/h3,6-9,11-24,33H,2,4-5,10,25H2,1H3. The van der Waals surface area contributed by atoms with Gasteiger partial charge in [-0.15, -0.1) is 0 Å². The van der Waals surface area contributed by atoms with Gasteiger partial charge in [0.15, 0.2) is 0 Å². The second kappa shape index (κ2) is 12.3. The minimum Gasteiger partial charge on any atom is -0.465 e. The lowest BCUT2D eigenvalue weighted by atomic mass is 9.87. The fraction of sp³-hybridized carbons (Fsp3) is 0.189. The molecule has 3 aliphatic rings. The van der Waals surface area contributed by atoms with E-state index in [2.05, 4.69) is 30.3 Å². The highest BCUT2D eigenvalue weighted by Crippen LogP contribution is 2.36. The zero-order valence-corrected chi connectivity index (χ0v) is 23.7. The van der Waals surface area contributed by atoms with E-state index in [9.17, 15) is 9.59 Å². The summed E-state index contributed by atoms with van der Waals surface area (Å²) in [5, 5.41) is 0. The van der Waals surface area contributed by atoms with Gasteiger partial charge in [0.25, 0.3) is 0 Å². The Morgan fingerprint density at radius 3 is 2.29 bits per heavy atom. The largest absolute Gasteiger partial charge is 0.465 e. The molecule has 0 aromatic heterocycles. The molecule has 5 heteroatoms. The Bertz CT molecular complexity index is 1670. The smallest absolute Gasteiger partial charge is 0.337 e. The fourth-order valence-corrected chi connectivity index (χ4v) is 5.68. The van der Waals surface area contributed by atoms with E-state index in [1.807, 2.05) is 72.8 Å². The molecule has 6 rings (SSSR count). The van der Waals surface area contributed by atoms with Crippen LogP contribution in [-0.2, 0) is 16.0 Å². The van der Waals surface area contributed by atoms with Crippen molar-refractivity contribution in [2.45, 2.75) is 38.0 Å². The highest BCUT2D eigenvalue weighted by atomic mass is 16.5. The summed E-state index contributed by atoms with van der Waals surface area (Å²) < 4.78 is 11.1. The second-order valence-corrected chi connectivity index (χ2v) is 10.7. The third-order valence-corrected chi connectivity index (χ3v) is 7.97. The summed E-state index contributed by atoms with van der Waals surface area (Å²) in [6.07, 6.45) is 7.43. The third-order valence-electron chi connectivity index (χ3n) is 7.97. The summed E-state index contributed by atoms with van der Waals surface area (Å²) in [7, 11) is 1.37. The Morgan fingerprint density at radius 2 is 1.57 bits per heavy atom. The number of carbonyl (C=O) groups excluding carboxylic acids is 2. The Hall–Kier alpha value is -4.90. The predicted molar refractivity (Wildman–Crippen MR) is 166 cm³/mol. The van der Waals surface area contributed by atoms with E-state index in [-0.39, 0.29) is 11.9 Å². The number of methoxy groups -OCH3 is 1. The molecule has 1 heterocycles. The van der Waals surface area contributed by atoms with Crippen molar-refractivity contribution in [1.82, 2.24) is 0 Å². The van der Waals surface area contributed by atoms with Crippen LogP contribution in [0.4, 0.5) is 11.6 Å². The lowest BCUT2D eigenvalue weighted by molar-refractivity contribution is -0.119. The normalized spacial score (nSPS) is 13.8. The number of ether oxygens (including phenoxy) is 1. The first-order valence-electron chi connectivity index (χ1n) is 14.4. The van der Waals surface area contributed by atoms with E-state index >= 15 is 0 Å². The Labute approximate surface area is 246 Å². The van der Waals surface area contributed by atoms with Crippen LogP contribution in [0.3, 0.4) is 0 Å². The maximum absolute atomic E-state index is 14.7. The van der Waals surface area contributed by atoms with E-state index in [0.717, 1.165) is 41.0 Å². The zero-order valence-electron chi connectivity index (χ0n) is 23.7. The van der Waals surface area contributed by atoms with Gasteiger partial charge < -0.3 is 9.15 Å². The number of hydrogen-bond donors (Lipinski definition) is 0. The number of nitrogens with zero attached hydrogens (tertiary/aromatic N) is 1. The summed E-state index contributed by atoms with van der Waals surface area (Å²) in [6.45, 7) is 0. The third kappa shape index (κ3) is 5.77. The van der Waals surface area contributed by atoms with Crippen molar-refractivity contribution >= 4 is 29.0 Å². The van der Waals surface area contributed by atoms with Crippen molar-refractivity contribution in [3.8, 4) is 11.3 Å². The SMILES string of the molecule is COC(=O)c1ccc(CC(C(=O)N(c2ccccc2)c2ccc3cccc-3o2)c2ccc(C3=CCCCC3)cc2)cc1. The highest BCUT2D eigenvalue weighted by Gasteiger charge is 2.30. The second-order valence-electron chi connectivity index (χ2n) is 10.7. The average molecular weight is 556 g/mol. The Morgan fingerprint density at radius 1 is 0.810 bits per heavy atom. The summed E-state index contributed by atoms with van der Waals surface area (Å²) in [4.78, 5) is 28.4. The van der Waals surface area contributed by atoms with Crippen LogP contribution in [0.1, 0.15) is 58.6 Å². The van der Waals surface area contributed by atoms with E-state index in [0.29, 0.717) is 17.9 Å². The van der Waals surface area contributed by atoms with Crippen LogP contribution in [0.15, 0.2) is 120 Å². The molecule has 0 bridgehead atoms. The van der Waals surface area contributed by atoms with Crippen LogP contribution < -0.4 is 4.90 Å². The predicted octanol–water partition coefficient (Wildman–Crippen LogP) is 8.82. The number of esters is 1. The monoisotopic (exact) mass is 555 g/mol. The van der Waals surface area contributed by atoms with Gasteiger partial charge in [0.2, 0.25) is 11.8 Å². The molecule has 0 saturated carbocycles. The molecule has 1 unspecified atom stereocenters. The molecule has 3 aromatic carbocycles. The average Bonchev–Trinajstić information content (AvgIpc) is 3.53. The number of allylic oxidation sites excluding steroid dienone is 2. The maximum Gasteiger partial charge on any atom is 0.337 e. The number of fused-ring (bicyclic) bond motifs is 1. The number of hydrogen-bond acceptors (Lipinski definition) is 4. The first-order valence-corrected chi connectivity index (χ1v) is 14.4. The van der Waals surface area contributed by atoms with Gasteiger partial charge in [-0.1, -0.05) is 72.8 Å². The van der Waals surface area contributed by atoms with Crippen molar-refractivity contribution in [2.24, 2.45) is 0 Å². The summed E-state index contributed by atoms with van der Waals surface area (Å²) in [6, 6.07) is 35.0. The van der Waals surface area contributed by atoms with Crippen molar-refractivity contribution in [3.05, 3.63) is 138 Å². The minimum absolute atomic E-state index is 0.0995. The molecule has 0 N–H and O–H groups in total. The van der Waals surface area contributed by atoms with Gasteiger partial charge in [-0.25, -0.2) is 4.79 Å². The molecular formula is C37H33NO4. The zero-order chi connectivity index (χ0) is 28.9. The molecule has 210 valence electrons. The molecule has 1 amide bonds. The van der Waals surface area contributed by atoms with E-state index < -0.39 is 5.92 Å². The summed E-state index contributed by atoms with van der Waals surface area (Å²) in [5.74, 6) is 0.189. The number of benzene rings is 3.